The number of sulfone groups is 1. The van der Waals surface area contributed by atoms with Crippen molar-refractivity contribution in [3.63, 3.8) is 0 Å². The van der Waals surface area contributed by atoms with E-state index >= 15 is 0 Å². The summed E-state index contributed by atoms with van der Waals surface area (Å²) < 4.78 is 58.6. The maximum absolute atomic E-state index is 12.5. The summed E-state index contributed by atoms with van der Waals surface area (Å²) in [5.41, 5.74) is 1.23. The Morgan fingerprint density at radius 3 is 2.32 bits per heavy atom. The maximum Gasteiger partial charge on any atom is 0.339 e. The van der Waals surface area contributed by atoms with Crippen molar-refractivity contribution < 1.29 is 25.8 Å². The second-order valence-electron chi connectivity index (χ2n) is 7.23. The van der Waals surface area contributed by atoms with Gasteiger partial charge in [-0.1, -0.05) is 36.8 Å². The summed E-state index contributed by atoms with van der Waals surface area (Å²) in [5, 5.41) is 8.07. The van der Waals surface area contributed by atoms with E-state index in [1.54, 1.807) is 12.1 Å². The molecule has 0 unspecified atom stereocenters. The predicted octanol–water partition coefficient (Wildman–Crippen LogP) is 2.77. The first kappa shape index (κ1) is 23.9. The Morgan fingerprint density at radius 2 is 1.71 bits per heavy atom. The second kappa shape index (κ2) is 8.81. The number of hydrogen-bond donors (Lipinski definition) is 1. The van der Waals surface area contributed by atoms with Crippen LogP contribution in [0.2, 0.25) is 0 Å². The van der Waals surface area contributed by atoms with Crippen LogP contribution in [0.5, 0.6) is 5.75 Å². The standard InChI is InChI=1S/C21H18N4O6S3/c1-3-33(27,28)21-24-32-20-23-19(26)17(18(22)25(20)21)12-14-6-8-15(9-7-14)31-34(29,30)16-10-4-13(2)5-11-16/h4-12,22H,3H2,1-2H3/b17-12-,22-18?. The molecule has 0 spiro atoms. The normalized spacial score (nSPS) is 17.5. The van der Waals surface area contributed by atoms with E-state index in [0.29, 0.717) is 5.56 Å². The van der Waals surface area contributed by atoms with E-state index in [-0.39, 0.29) is 38.1 Å². The van der Waals surface area contributed by atoms with Crippen LogP contribution in [0.15, 0.2) is 68.4 Å². The van der Waals surface area contributed by atoms with Crippen molar-refractivity contribution in [3.8, 4) is 5.75 Å². The number of amidine groups is 3. The first-order valence-electron chi connectivity index (χ1n) is 9.84. The molecule has 34 heavy (non-hydrogen) atoms. The quantitative estimate of drug-likeness (QED) is 0.361. The molecular weight excluding hydrogens is 500 g/mol. The molecule has 2 aliphatic rings. The Labute approximate surface area is 200 Å². The van der Waals surface area contributed by atoms with Gasteiger partial charge in [-0.15, -0.1) is 0 Å². The zero-order valence-corrected chi connectivity index (χ0v) is 20.4. The van der Waals surface area contributed by atoms with Gasteiger partial charge >= 0.3 is 10.1 Å². The molecule has 1 N–H and O–H groups in total. The van der Waals surface area contributed by atoms with Gasteiger partial charge in [0.25, 0.3) is 5.91 Å². The Bertz CT molecular complexity index is 1490. The van der Waals surface area contributed by atoms with Crippen LogP contribution in [0.4, 0.5) is 0 Å². The zero-order chi connectivity index (χ0) is 24.7. The van der Waals surface area contributed by atoms with Crippen LogP contribution in [0, 0.1) is 12.3 Å². The molecule has 2 aromatic rings. The third kappa shape index (κ3) is 4.54. The molecule has 0 fully saturated rings. The number of nitrogens with one attached hydrogen (secondary N) is 1. The molecule has 13 heteroatoms. The number of aryl methyl sites for hydroxylation is 1. The minimum atomic E-state index is -4.02. The number of rotatable bonds is 5. The van der Waals surface area contributed by atoms with E-state index in [9.17, 15) is 21.6 Å². The second-order valence-corrected chi connectivity index (χ2v) is 11.7. The topological polar surface area (TPSA) is 146 Å². The van der Waals surface area contributed by atoms with Crippen molar-refractivity contribution in [1.29, 1.82) is 5.41 Å². The molecule has 0 aromatic heterocycles. The molecule has 4 rings (SSSR count). The fourth-order valence-electron chi connectivity index (χ4n) is 2.99. The van der Waals surface area contributed by atoms with Crippen LogP contribution < -0.4 is 4.18 Å². The molecule has 176 valence electrons. The fraction of sp³-hybridized carbons (Fsp3) is 0.143. The maximum atomic E-state index is 12.5. The number of amides is 1. The van der Waals surface area contributed by atoms with Gasteiger partial charge in [-0.3, -0.25) is 10.2 Å². The minimum absolute atomic E-state index is 0.00392. The number of benzene rings is 2. The number of aliphatic imine (C=N–C) groups is 1. The summed E-state index contributed by atoms with van der Waals surface area (Å²) in [4.78, 5) is 17.4. The molecule has 2 aromatic carbocycles. The van der Waals surface area contributed by atoms with Crippen molar-refractivity contribution in [3.05, 3.63) is 65.2 Å². The Hall–Kier alpha value is -3.29. The molecule has 0 bridgehead atoms. The molecule has 0 aliphatic carbocycles. The minimum Gasteiger partial charge on any atom is -0.379 e. The highest BCUT2D eigenvalue weighted by Crippen LogP contribution is 2.30. The lowest BCUT2D eigenvalue weighted by molar-refractivity contribution is -0.114. The average molecular weight is 519 g/mol. The molecule has 10 nitrogen and oxygen atoms in total. The summed E-state index contributed by atoms with van der Waals surface area (Å²) >= 11 is 0.721. The molecule has 0 atom stereocenters. The van der Waals surface area contributed by atoms with Crippen molar-refractivity contribution in [1.82, 2.24) is 4.90 Å². The van der Waals surface area contributed by atoms with E-state index in [1.807, 2.05) is 6.92 Å². The van der Waals surface area contributed by atoms with Gasteiger partial charge in [-0.05, 0) is 42.8 Å². The Kier molecular flexibility index (Phi) is 6.18. The molecule has 0 radical (unpaired) electrons. The number of fused-ring (bicyclic) bond motifs is 1. The van der Waals surface area contributed by atoms with Crippen LogP contribution >= 0.6 is 11.9 Å². The highest BCUT2D eigenvalue weighted by Gasteiger charge is 2.42. The van der Waals surface area contributed by atoms with Gasteiger partial charge in [0.15, 0.2) is 0 Å². The Morgan fingerprint density at radius 1 is 1.06 bits per heavy atom. The summed E-state index contributed by atoms with van der Waals surface area (Å²) in [7, 11) is -7.76. The highest BCUT2D eigenvalue weighted by molar-refractivity contribution is 8.16. The lowest BCUT2D eigenvalue weighted by atomic mass is 10.1. The van der Waals surface area contributed by atoms with Gasteiger partial charge in [-0.2, -0.15) is 17.8 Å². The first-order chi connectivity index (χ1) is 16.0. The third-order valence-corrected chi connectivity index (χ3v) is 8.53. The van der Waals surface area contributed by atoms with Crippen LogP contribution in [-0.4, -0.2) is 49.6 Å². The molecule has 2 heterocycles. The van der Waals surface area contributed by atoms with Gasteiger partial charge in [0, 0.05) is 0 Å². The summed E-state index contributed by atoms with van der Waals surface area (Å²) in [6, 6.07) is 12.0. The van der Waals surface area contributed by atoms with E-state index in [2.05, 4.69) is 9.39 Å². The number of hydrogen-bond acceptors (Lipinski definition) is 9. The third-order valence-electron chi connectivity index (χ3n) is 4.86. The Balaban J connectivity index is 1.58. The van der Waals surface area contributed by atoms with Crippen molar-refractivity contribution in [2.24, 2.45) is 9.39 Å². The average Bonchev–Trinajstić information content (AvgIpc) is 3.22. The van der Waals surface area contributed by atoms with Crippen LogP contribution in [0.3, 0.4) is 0 Å². The van der Waals surface area contributed by atoms with Gasteiger partial charge in [0.05, 0.1) is 23.3 Å². The van der Waals surface area contributed by atoms with Crippen LogP contribution in [0.25, 0.3) is 6.08 Å². The first-order valence-corrected chi connectivity index (χ1v) is 13.7. The molecule has 0 saturated heterocycles. The van der Waals surface area contributed by atoms with Crippen LogP contribution in [0.1, 0.15) is 18.1 Å². The number of nitrogens with zero attached hydrogens (tertiary/aromatic N) is 3. The van der Waals surface area contributed by atoms with Crippen LogP contribution in [-0.2, 0) is 24.7 Å². The largest absolute Gasteiger partial charge is 0.379 e. The molecule has 2 aliphatic heterocycles. The molecular formula is C21H18N4O6S3. The smallest absolute Gasteiger partial charge is 0.339 e. The predicted molar refractivity (Wildman–Crippen MR) is 130 cm³/mol. The summed E-state index contributed by atoms with van der Waals surface area (Å²) in [6.07, 6.45) is 1.36. The van der Waals surface area contributed by atoms with Crippen molar-refractivity contribution in [2.75, 3.05) is 5.75 Å². The SMILES string of the molecule is CCS(=O)(=O)C1=NSC2=NC(=O)/C(=C\c3ccc(OS(=O)(=O)c4ccc(C)cc4)cc3)C(=N)N21. The number of carbonyl (C=O) groups excluding carboxylic acids is 1. The zero-order valence-electron chi connectivity index (χ0n) is 17.9. The lowest BCUT2D eigenvalue weighted by Crippen LogP contribution is -2.45. The highest BCUT2D eigenvalue weighted by atomic mass is 32.2. The monoisotopic (exact) mass is 518 g/mol. The van der Waals surface area contributed by atoms with E-state index in [0.717, 1.165) is 22.4 Å². The molecule has 1 amide bonds. The summed E-state index contributed by atoms with van der Waals surface area (Å²) in [6.45, 7) is 3.29. The number of carbonyl (C=O) groups is 1. The van der Waals surface area contributed by atoms with E-state index < -0.39 is 25.9 Å². The van der Waals surface area contributed by atoms with E-state index in [1.165, 1.54) is 49.4 Å². The van der Waals surface area contributed by atoms with E-state index in [4.69, 9.17) is 9.59 Å². The van der Waals surface area contributed by atoms with Crippen molar-refractivity contribution in [2.45, 2.75) is 18.7 Å². The van der Waals surface area contributed by atoms with Gasteiger partial charge in [-0.25, -0.2) is 13.3 Å². The van der Waals surface area contributed by atoms with Gasteiger partial charge in [0.1, 0.15) is 16.5 Å². The molecule has 0 saturated carbocycles. The van der Waals surface area contributed by atoms with Gasteiger partial charge in [0.2, 0.25) is 20.2 Å². The van der Waals surface area contributed by atoms with Gasteiger partial charge < -0.3 is 4.18 Å². The van der Waals surface area contributed by atoms with Crippen molar-refractivity contribution >= 4 is 60.1 Å². The summed E-state index contributed by atoms with van der Waals surface area (Å²) in [5.74, 6) is -1.23. The lowest BCUT2D eigenvalue weighted by Gasteiger charge is -2.24. The fourth-order valence-corrected chi connectivity index (χ4v) is 5.89.